The summed E-state index contributed by atoms with van der Waals surface area (Å²) in [6.07, 6.45) is 0.198. The highest BCUT2D eigenvalue weighted by atomic mass is 16.4. The van der Waals surface area contributed by atoms with E-state index in [2.05, 4.69) is 10.3 Å². The van der Waals surface area contributed by atoms with Gasteiger partial charge in [-0.25, -0.2) is 4.98 Å². The van der Waals surface area contributed by atoms with Crippen LogP contribution in [0.5, 0.6) is 0 Å². The van der Waals surface area contributed by atoms with Crippen molar-refractivity contribution in [3.63, 3.8) is 0 Å². The summed E-state index contributed by atoms with van der Waals surface area (Å²) in [6, 6.07) is 7.70. The molecule has 0 saturated carbocycles. The topological polar surface area (TPSA) is 55.1 Å². The van der Waals surface area contributed by atoms with Crippen LogP contribution < -0.4 is 5.32 Å². The number of carbonyl (C=O) groups is 1. The van der Waals surface area contributed by atoms with Crippen LogP contribution in [-0.4, -0.2) is 10.9 Å². The molecule has 1 heterocycles. The largest absolute Gasteiger partial charge is 0.444 e. The number of benzene rings is 1. The van der Waals surface area contributed by atoms with Crippen LogP contribution in [-0.2, 0) is 16.6 Å². The third kappa shape index (κ3) is 3.72. The highest BCUT2D eigenvalue weighted by Gasteiger charge is 2.23. The lowest BCUT2D eigenvalue weighted by Crippen LogP contribution is -2.15. The van der Waals surface area contributed by atoms with E-state index in [0.29, 0.717) is 11.7 Å². The molecule has 0 aliphatic carbocycles. The first-order valence-electron chi connectivity index (χ1n) is 7.09. The smallest absolute Gasteiger partial charge is 0.232 e. The third-order valence-electron chi connectivity index (χ3n) is 3.27. The van der Waals surface area contributed by atoms with Gasteiger partial charge in [-0.05, 0) is 25.5 Å². The number of oxazole rings is 1. The Bertz CT molecular complexity index is 651. The van der Waals surface area contributed by atoms with Gasteiger partial charge in [0.15, 0.2) is 5.89 Å². The van der Waals surface area contributed by atoms with Gasteiger partial charge in [0, 0.05) is 11.1 Å². The van der Waals surface area contributed by atoms with E-state index in [1.807, 2.05) is 58.9 Å². The Morgan fingerprint density at radius 3 is 2.48 bits per heavy atom. The van der Waals surface area contributed by atoms with Gasteiger partial charge in [0.25, 0.3) is 0 Å². The fourth-order valence-corrected chi connectivity index (χ4v) is 1.97. The standard InChI is InChI=1S/C17H22N2O2/c1-11-8-6-7-9-13(11)19-15(20)10-14-12(2)18-16(21-14)17(3,4)5/h6-9H,10H2,1-5H3,(H,19,20). The molecular formula is C17H22N2O2. The molecule has 0 fully saturated rings. The molecule has 0 radical (unpaired) electrons. The summed E-state index contributed by atoms with van der Waals surface area (Å²) < 4.78 is 5.75. The summed E-state index contributed by atoms with van der Waals surface area (Å²) in [5.74, 6) is 1.20. The lowest BCUT2D eigenvalue weighted by Gasteiger charge is -2.12. The maximum absolute atomic E-state index is 12.1. The van der Waals surface area contributed by atoms with Crippen LogP contribution >= 0.6 is 0 Å². The Labute approximate surface area is 125 Å². The van der Waals surface area contributed by atoms with Crippen LogP contribution in [0.3, 0.4) is 0 Å². The van der Waals surface area contributed by atoms with Gasteiger partial charge in [0.05, 0.1) is 12.1 Å². The predicted octanol–water partition coefficient (Wildman–Crippen LogP) is 3.77. The van der Waals surface area contributed by atoms with E-state index in [1.165, 1.54) is 0 Å². The number of aryl methyl sites for hydroxylation is 2. The van der Waals surface area contributed by atoms with Crippen LogP contribution in [0.2, 0.25) is 0 Å². The van der Waals surface area contributed by atoms with E-state index in [9.17, 15) is 4.79 Å². The van der Waals surface area contributed by atoms with Crippen LogP contribution in [0.1, 0.15) is 43.7 Å². The molecule has 2 aromatic rings. The van der Waals surface area contributed by atoms with E-state index in [1.54, 1.807) is 0 Å². The van der Waals surface area contributed by atoms with Crippen molar-refractivity contribution in [2.75, 3.05) is 5.32 Å². The van der Waals surface area contributed by atoms with Gasteiger partial charge < -0.3 is 9.73 Å². The van der Waals surface area contributed by atoms with E-state index in [-0.39, 0.29) is 17.7 Å². The van der Waals surface area contributed by atoms with E-state index in [4.69, 9.17) is 4.42 Å². The quantitative estimate of drug-likeness (QED) is 0.934. The normalized spacial score (nSPS) is 11.5. The molecule has 0 atom stereocenters. The maximum Gasteiger partial charge on any atom is 0.232 e. The number of rotatable bonds is 3. The van der Waals surface area contributed by atoms with Crippen molar-refractivity contribution in [1.82, 2.24) is 4.98 Å². The second-order valence-corrected chi connectivity index (χ2v) is 6.32. The molecule has 0 bridgehead atoms. The molecule has 1 amide bonds. The Morgan fingerprint density at radius 2 is 1.90 bits per heavy atom. The van der Waals surface area contributed by atoms with Crippen LogP contribution in [0, 0.1) is 13.8 Å². The molecule has 1 aromatic heterocycles. The second kappa shape index (κ2) is 5.72. The monoisotopic (exact) mass is 286 g/mol. The highest BCUT2D eigenvalue weighted by Crippen LogP contribution is 2.24. The Morgan fingerprint density at radius 1 is 1.24 bits per heavy atom. The zero-order chi connectivity index (χ0) is 15.6. The molecule has 0 aliphatic heterocycles. The Balaban J connectivity index is 2.10. The number of anilines is 1. The first kappa shape index (κ1) is 15.3. The first-order valence-corrected chi connectivity index (χ1v) is 7.09. The molecule has 112 valence electrons. The van der Waals surface area contributed by atoms with Crippen molar-refractivity contribution in [2.24, 2.45) is 0 Å². The molecule has 1 aromatic carbocycles. The number of amides is 1. The van der Waals surface area contributed by atoms with Gasteiger partial charge in [0.1, 0.15) is 5.76 Å². The first-order chi connectivity index (χ1) is 9.77. The van der Waals surface area contributed by atoms with Crippen molar-refractivity contribution >= 4 is 11.6 Å². The summed E-state index contributed by atoms with van der Waals surface area (Å²) >= 11 is 0. The lowest BCUT2D eigenvalue weighted by molar-refractivity contribution is -0.115. The average molecular weight is 286 g/mol. The molecule has 1 N–H and O–H groups in total. The number of nitrogens with zero attached hydrogens (tertiary/aromatic N) is 1. The molecule has 4 heteroatoms. The molecule has 2 rings (SSSR count). The fourth-order valence-electron chi connectivity index (χ4n) is 1.97. The van der Waals surface area contributed by atoms with Crippen molar-refractivity contribution in [2.45, 2.75) is 46.5 Å². The average Bonchev–Trinajstić information content (AvgIpc) is 2.74. The Kier molecular flexibility index (Phi) is 4.16. The van der Waals surface area contributed by atoms with E-state index >= 15 is 0 Å². The summed E-state index contributed by atoms with van der Waals surface area (Å²) in [4.78, 5) is 16.6. The SMILES string of the molecule is Cc1ccccc1NC(=O)Cc1oc(C(C)(C)C)nc1C. The number of aromatic nitrogens is 1. The van der Waals surface area contributed by atoms with E-state index < -0.39 is 0 Å². The predicted molar refractivity (Wildman–Crippen MR) is 83.5 cm³/mol. The van der Waals surface area contributed by atoms with Crippen molar-refractivity contribution < 1.29 is 9.21 Å². The summed E-state index contributed by atoms with van der Waals surface area (Å²) in [5.41, 5.74) is 2.49. The lowest BCUT2D eigenvalue weighted by atomic mass is 9.97. The van der Waals surface area contributed by atoms with Gasteiger partial charge in [0.2, 0.25) is 5.91 Å². The summed E-state index contributed by atoms with van der Waals surface area (Å²) in [6.45, 7) is 9.95. The van der Waals surface area contributed by atoms with Crippen molar-refractivity contribution in [1.29, 1.82) is 0 Å². The minimum Gasteiger partial charge on any atom is -0.444 e. The van der Waals surface area contributed by atoms with Gasteiger partial charge in [-0.3, -0.25) is 4.79 Å². The van der Waals surface area contributed by atoms with Crippen LogP contribution in [0.25, 0.3) is 0 Å². The third-order valence-corrected chi connectivity index (χ3v) is 3.27. The Hall–Kier alpha value is -2.10. The van der Waals surface area contributed by atoms with Gasteiger partial charge in [-0.2, -0.15) is 0 Å². The molecular weight excluding hydrogens is 264 g/mol. The number of para-hydroxylation sites is 1. The number of carbonyl (C=O) groups excluding carboxylic acids is 1. The van der Waals surface area contributed by atoms with Gasteiger partial charge in [-0.15, -0.1) is 0 Å². The number of hydrogen-bond acceptors (Lipinski definition) is 3. The molecule has 4 nitrogen and oxygen atoms in total. The number of hydrogen-bond donors (Lipinski definition) is 1. The summed E-state index contributed by atoms with van der Waals surface area (Å²) in [5, 5.41) is 2.91. The maximum atomic E-state index is 12.1. The minimum atomic E-state index is -0.157. The van der Waals surface area contributed by atoms with Crippen molar-refractivity contribution in [3.05, 3.63) is 47.2 Å². The van der Waals surface area contributed by atoms with Gasteiger partial charge >= 0.3 is 0 Å². The molecule has 0 saturated heterocycles. The molecule has 21 heavy (non-hydrogen) atoms. The second-order valence-electron chi connectivity index (χ2n) is 6.32. The van der Waals surface area contributed by atoms with E-state index in [0.717, 1.165) is 16.9 Å². The summed E-state index contributed by atoms with van der Waals surface area (Å²) in [7, 11) is 0. The zero-order valence-electron chi connectivity index (χ0n) is 13.3. The highest BCUT2D eigenvalue weighted by molar-refractivity contribution is 5.92. The minimum absolute atomic E-state index is 0.0935. The van der Waals surface area contributed by atoms with Gasteiger partial charge in [-0.1, -0.05) is 39.0 Å². The number of nitrogens with one attached hydrogen (secondary N) is 1. The molecule has 0 aliphatic rings. The van der Waals surface area contributed by atoms with Crippen molar-refractivity contribution in [3.8, 4) is 0 Å². The molecule has 0 spiro atoms. The van der Waals surface area contributed by atoms with Crippen LogP contribution in [0.15, 0.2) is 28.7 Å². The van der Waals surface area contributed by atoms with Crippen LogP contribution in [0.4, 0.5) is 5.69 Å². The zero-order valence-corrected chi connectivity index (χ0v) is 13.3. The molecule has 0 unspecified atom stereocenters. The fraction of sp³-hybridized carbons (Fsp3) is 0.412.